The summed E-state index contributed by atoms with van der Waals surface area (Å²) in [5.41, 5.74) is 2.92. The van der Waals surface area contributed by atoms with E-state index in [0.717, 1.165) is 53.1 Å². The van der Waals surface area contributed by atoms with E-state index in [1.165, 1.54) is 12.8 Å². The van der Waals surface area contributed by atoms with Crippen molar-refractivity contribution in [2.45, 2.75) is 26.7 Å². The van der Waals surface area contributed by atoms with Crippen molar-refractivity contribution in [1.82, 2.24) is 19.9 Å². The summed E-state index contributed by atoms with van der Waals surface area (Å²) in [6.45, 7) is 6.06. The Labute approximate surface area is 135 Å². The minimum Gasteiger partial charge on any atom is -0.343 e. The second-order valence-electron chi connectivity index (χ2n) is 6.07. The Kier molecular flexibility index (Phi) is 3.37. The molecule has 6 heteroatoms. The number of anilines is 3. The Morgan fingerprint density at radius 1 is 1.09 bits per heavy atom. The highest BCUT2D eigenvalue weighted by Crippen LogP contribution is 2.27. The second-order valence-corrected chi connectivity index (χ2v) is 6.07. The van der Waals surface area contributed by atoms with Crippen molar-refractivity contribution in [3.63, 3.8) is 0 Å². The molecular formula is C17H20N6. The molecule has 1 aliphatic rings. The molecule has 4 heterocycles. The van der Waals surface area contributed by atoms with Gasteiger partial charge in [-0.25, -0.2) is 4.98 Å². The number of nitrogens with one attached hydrogen (secondary N) is 2. The molecule has 0 aliphatic carbocycles. The molecule has 118 valence electrons. The fourth-order valence-corrected chi connectivity index (χ4v) is 3.02. The molecule has 3 aromatic heterocycles. The molecule has 0 unspecified atom stereocenters. The summed E-state index contributed by atoms with van der Waals surface area (Å²) in [7, 11) is 0. The lowest BCUT2D eigenvalue weighted by Gasteiger charge is -2.16. The van der Waals surface area contributed by atoms with Gasteiger partial charge in [0.05, 0.1) is 5.39 Å². The fraction of sp³-hybridized carbons (Fsp3) is 0.353. The van der Waals surface area contributed by atoms with E-state index in [0.29, 0.717) is 0 Å². The zero-order valence-electron chi connectivity index (χ0n) is 13.4. The molecule has 2 N–H and O–H groups in total. The fourth-order valence-electron chi connectivity index (χ4n) is 3.02. The highest BCUT2D eigenvalue weighted by atomic mass is 15.3. The van der Waals surface area contributed by atoms with Crippen molar-refractivity contribution in [2.24, 2.45) is 0 Å². The first kappa shape index (κ1) is 14.0. The van der Waals surface area contributed by atoms with Crippen LogP contribution in [0.1, 0.15) is 24.2 Å². The van der Waals surface area contributed by atoms with E-state index >= 15 is 0 Å². The molecule has 0 saturated carbocycles. The second kappa shape index (κ2) is 5.53. The standard InChI is InChI=1S/C17H20N6/c1-11-6-5-7-14(18-11)20-16-13-10-12(2)19-15(13)21-17(22-16)23-8-3-4-9-23/h5-7,10H,3-4,8-9H2,1-2H3,(H2,18,19,20,21,22). The van der Waals surface area contributed by atoms with Crippen LogP contribution in [0.25, 0.3) is 11.0 Å². The molecule has 0 radical (unpaired) electrons. The zero-order valence-corrected chi connectivity index (χ0v) is 13.4. The van der Waals surface area contributed by atoms with Crippen molar-refractivity contribution in [3.8, 4) is 0 Å². The van der Waals surface area contributed by atoms with E-state index in [-0.39, 0.29) is 0 Å². The number of fused-ring (bicyclic) bond motifs is 1. The summed E-state index contributed by atoms with van der Waals surface area (Å²) < 4.78 is 0. The van der Waals surface area contributed by atoms with Crippen molar-refractivity contribution in [1.29, 1.82) is 0 Å². The van der Waals surface area contributed by atoms with E-state index < -0.39 is 0 Å². The van der Waals surface area contributed by atoms with E-state index in [2.05, 4.69) is 26.3 Å². The number of hydrogen-bond donors (Lipinski definition) is 2. The summed E-state index contributed by atoms with van der Waals surface area (Å²) in [6.07, 6.45) is 2.40. The van der Waals surface area contributed by atoms with Crippen molar-refractivity contribution in [2.75, 3.05) is 23.3 Å². The van der Waals surface area contributed by atoms with Gasteiger partial charge in [0.2, 0.25) is 5.95 Å². The summed E-state index contributed by atoms with van der Waals surface area (Å²) in [4.78, 5) is 19.5. The predicted molar refractivity (Wildman–Crippen MR) is 92.3 cm³/mol. The molecule has 23 heavy (non-hydrogen) atoms. The lowest BCUT2D eigenvalue weighted by Crippen LogP contribution is -2.20. The normalized spacial score (nSPS) is 14.6. The van der Waals surface area contributed by atoms with E-state index in [1.807, 2.05) is 32.0 Å². The third kappa shape index (κ3) is 2.72. The Morgan fingerprint density at radius 2 is 1.91 bits per heavy atom. The number of aromatic amines is 1. The Bertz CT molecular complexity index is 847. The molecule has 0 aromatic carbocycles. The predicted octanol–water partition coefficient (Wildman–Crippen LogP) is 3.31. The van der Waals surface area contributed by atoms with Gasteiger partial charge in [-0.1, -0.05) is 6.07 Å². The average molecular weight is 308 g/mol. The number of pyridine rings is 1. The SMILES string of the molecule is Cc1cccc(Nc2nc(N3CCCC3)nc3[nH]c(C)cc23)n1. The highest BCUT2D eigenvalue weighted by Gasteiger charge is 2.18. The van der Waals surface area contributed by atoms with Crippen molar-refractivity contribution >= 4 is 28.6 Å². The molecule has 1 aliphatic heterocycles. The van der Waals surface area contributed by atoms with Crippen LogP contribution >= 0.6 is 0 Å². The first-order chi connectivity index (χ1) is 11.2. The van der Waals surface area contributed by atoms with Gasteiger partial charge >= 0.3 is 0 Å². The van der Waals surface area contributed by atoms with E-state index in [9.17, 15) is 0 Å². The lowest BCUT2D eigenvalue weighted by molar-refractivity contribution is 0.906. The van der Waals surface area contributed by atoms with Gasteiger partial charge in [0.25, 0.3) is 0 Å². The molecular weight excluding hydrogens is 288 g/mol. The molecule has 0 amide bonds. The van der Waals surface area contributed by atoms with Crippen LogP contribution in [0.3, 0.4) is 0 Å². The van der Waals surface area contributed by atoms with Crippen LogP contribution in [0.15, 0.2) is 24.3 Å². The smallest absolute Gasteiger partial charge is 0.229 e. The van der Waals surface area contributed by atoms with Crippen LogP contribution in [-0.4, -0.2) is 33.0 Å². The Morgan fingerprint density at radius 3 is 2.70 bits per heavy atom. The third-order valence-corrected chi connectivity index (χ3v) is 4.13. The van der Waals surface area contributed by atoms with Gasteiger partial charge in [-0.2, -0.15) is 9.97 Å². The molecule has 0 spiro atoms. The van der Waals surface area contributed by atoms with Gasteiger partial charge in [-0.3, -0.25) is 0 Å². The molecule has 6 nitrogen and oxygen atoms in total. The summed E-state index contributed by atoms with van der Waals surface area (Å²) in [6, 6.07) is 8.00. The largest absolute Gasteiger partial charge is 0.343 e. The zero-order chi connectivity index (χ0) is 15.8. The van der Waals surface area contributed by atoms with E-state index in [1.54, 1.807) is 0 Å². The summed E-state index contributed by atoms with van der Waals surface area (Å²) in [5, 5.41) is 4.35. The van der Waals surface area contributed by atoms with Crippen molar-refractivity contribution in [3.05, 3.63) is 35.7 Å². The van der Waals surface area contributed by atoms with Gasteiger partial charge in [0.1, 0.15) is 17.3 Å². The van der Waals surface area contributed by atoms with Gasteiger partial charge in [0.15, 0.2) is 0 Å². The monoisotopic (exact) mass is 308 g/mol. The molecule has 1 saturated heterocycles. The van der Waals surface area contributed by atoms with Crippen LogP contribution in [0.2, 0.25) is 0 Å². The highest BCUT2D eigenvalue weighted by molar-refractivity contribution is 5.90. The minimum absolute atomic E-state index is 0.784. The lowest BCUT2D eigenvalue weighted by atomic mass is 10.3. The van der Waals surface area contributed by atoms with Gasteiger partial charge in [0, 0.05) is 24.5 Å². The number of aromatic nitrogens is 4. The molecule has 1 fully saturated rings. The van der Waals surface area contributed by atoms with Crippen LogP contribution < -0.4 is 10.2 Å². The first-order valence-electron chi connectivity index (χ1n) is 8.02. The Hall–Kier alpha value is -2.63. The third-order valence-electron chi connectivity index (χ3n) is 4.13. The van der Waals surface area contributed by atoms with Gasteiger partial charge < -0.3 is 15.2 Å². The maximum atomic E-state index is 4.76. The maximum absolute atomic E-state index is 4.76. The van der Waals surface area contributed by atoms with Crippen molar-refractivity contribution < 1.29 is 0 Å². The molecule has 0 bridgehead atoms. The van der Waals surface area contributed by atoms with E-state index in [4.69, 9.17) is 9.97 Å². The van der Waals surface area contributed by atoms with Crippen LogP contribution in [-0.2, 0) is 0 Å². The Balaban J connectivity index is 1.79. The number of rotatable bonds is 3. The van der Waals surface area contributed by atoms with Crippen LogP contribution in [0.5, 0.6) is 0 Å². The van der Waals surface area contributed by atoms with Crippen LogP contribution in [0, 0.1) is 13.8 Å². The molecule has 4 rings (SSSR count). The van der Waals surface area contributed by atoms with Gasteiger partial charge in [-0.15, -0.1) is 0 Å². The molecule has 3 aromatic rings. The topological polar surface area (TPSA) is 69.7 Å². The number of hydrogen-bond acceptors (Lipinski definition) is 5. The number of H-pyrrole nitrogens is 1. The minimum atomic E-state index is 0.784. The van der Waals surface area contributed by atoms with Crippen LogP contribution in [0.4, 0.5) is 17.6 Å². The summed E-state index contributed by atoms with van der Waals surface area (Å²) in [5.74, 6) is 2.39. The first-order valence-corrected chi connectivity index (χ1v) is 8.02. The summed E-state index contributed by atoms with van der Waals surface area (Å²) >= 11 is 0. The average Bonchev–Trinajstić information content (AvgIpc) is 3.15. The maximum Gasteiger partial charge on any atom is 0.229 e. The quantitative estimate of drug-likeness (QED) is 0.777. The molecule has 0 atom stereocenters. The number of aryl methyl sites for hydroxylation is 2. The van der Waals surface area contributed by atoms with Gasteiger partial charge in [-0.05, 0) is 44.9 Å². The number of nitrogens with zero attached hydrogens (tertiary/aromatic N) is 4.